The Morgan fingerprint density at radius 3 is 2.40 bits per heavy atom. The number of rotatable bonds is 4. The van der Waals surface area contributed by atoms with E-state index in [-0.39, 0.29) is 17.9 Å². The standard InChI is InChI=1S/C24H18FN3OS/c25-17-9-11-18(12-10-17)28-23(22(27-24(28)30)19-8-4-5-15-26-19)21-14-13-20(29-21)16-6-2-1-3-7-16/h1-15,22-23H,(H,27,30)/t22-,23+/m0/s1. The molecule has 1 N–H and O–H groups in total. The van der Waals surface area contributed by atoms with Crippen LogP contribution >= 0.6 is 12.2 Å². The van der Waals surface area contributed by atoms with Crippen molar-refractivity contribution in [2.75, 3.05) is 4.90 Å². The Morgan fingerprint density at radius 2 is 1.67 bits per heavy atom. The Labute approximate surface area is 179 Å². The van der Waals surface area contributed by atoms with E-state index in [9.17, 15) is 4.39 Å². The van der Waals surface area contributed by atoms with Crippen LogP contribution in [0.3, 0.4) is 0 Å². The fourth-order valence-electron chi connectivity index (χ4n) is 3.79. The highest BCUT2D eigenvalue weighted by molar-refractivity contribution is 7.80. The third-order valence-electron chi connectivity index (χ3n) is 5.18. The summed E-state index contributed by atoms with van der Waals surface area (Å²) in [5, 5.41) is 3.91. The number of thiocarbonyl (C=S) groups is 1. The van der Waals surface area contributed by atoms with Gasteiger partial charge in [-0.25, -0.2) is 4.39 Å². The Balaban J connectivity index is 1.60. The van der Waals surface area contributed by atoms with E-state index in [4.69, 9.17) is 16.6 Å². The first kappa shape index (κ1) is 18.5. The number of pyridine rings is 1. The number of hydrogen-bond donors (Lipinski definition) is 1. The zero-order chi connectivity index (χ0) is 20.5. The SMILES string of the molecule is Fc1ccc(N2C(=S)N[C@@H](c3ccccn3)[C@H]2c2ccc(-c3ccccc3)o2)cc1. The van der Waals surface area contributed by atoms with Crippen LogP contribution in [0, 0.1) is 5.82 Å². The molecule has 30 heavy (non-hydrogen) atoms. The molecule has 0 radical (unpaired) electrons. The lowest BCUT2D eigenvalue weighted by Gasteiger charge is -2.26. The molecule has 0 spiro atoms. The normalized spacial score (nSPS) is 18.4. The van der Waals surface area contributed by atoms with Crippen molar-refractivity contribution in [1.29, 1.82) is 0 Å². The van der Waals surface area contributed by atoms with Gasteiger partial charge in [-0.15, -0.1) is 0 Å². The smallest absolute Gasteiger partial charge is 0.174 e. The summed E-state index contributed by atoms with van der Waals surface area (Å²) in [6.45, 7) is 0. The van der Waals surface area contributed by atoms with Crippen LogP contribution in [0.5, 0.6) is 0 Å². The summed E-state index contributed by atoms with van der Waals surface area (Å²) in [4.78, 5) is 6.49. The monoisotopic (exact) mass is 415 g/mol. The van der Waals surface area contributed by atoms with Gasteiger partial charge in [-0.2, -0.15) is 0 Å². The van der Waals surface area contributed by atoms with Crippen LogP contribution < -0.4 is 10.2 Å². The van der Waals surface area contributed by atoms with Crippen LogP contribution in [-0.4, -0.2) is 10.1 Å². The van der Waals surface area contributed by atoms with Gasteiger partial charge in [0.15, 0.2) is 5.11 Å². The number of benzene rings is 2. The van der Waals surface area contributed by atoms with Gasteiger partial charge in [-0.3, -0.25) is 4.98 Å². The number of furan rings is 1. The molecule has 148 valence electrons. The molecule has 0 aliphatic carbocycles. The second kappa shape index (κ2) is 7.72. The van der Waals surface area contributed by atoms with E-state index in [0.29, 0.717) is 5.11 Å². The summed E-state index contributed by atoms with van der Waals surface area (Å²) >= 11 is 5.66. The summed E-state index contributed by atoms with van der Waals surface area (Å²) in [5.74, 6) is 1.24. The van der Waals surface area contributed by atoms with E-state index in [1.165, 1.54) is 12.1 Å². The highest BCUT2D eigenvalue weighted by Crippen LogP contribution is 2.42. The Morgan fingerprint density at radius 1 is 0.900 bits per heavy atom. The first-order valence-electron chi connectivity index (χ1n) is 9.62. The minimum Gasteiger partial charge on any atom is -0.459 e. The predicted molar refractivity (Wildman–Crippen MR) is 118 cm³/mol. The maximum atomic E-state index is 13.5. The van der Waals surface area contributed by atoms with Crippen molar-refractivity contribution in [1.82, 2.24) is 10.3 Å². The van der Waals surface area contributed by atoms with Crippen LogP contribution in [0.4, 0.5) is 10.1 Å². The second-order valence-electron chi connectivity index (χ2n) is 7.04. The molecule has 0 saturated carbocycles. The number of aromatic nitrogens is 1. The zero-order valence-corrected chi connectivity index (χ0v) is 16.7. The molecule has 1 fully saturated rings. The van der Waals surface area contributed by atoms with E-state index in [0.717, 1.165) is 28.5 Å². The molecule has 4 nitrogen and oxygen atoms in total. The molecule has 0 unspecified atom stereocenters. The zero-order valence-electron chi connectivity index (χ0n) is 15.9. The summed E-state index contributed by atoms with van der Waals surface area (Å²) in [7, 11) is 0. The van der Waals surface area contributed by atoms with E-state index in [1.54, 1.807) is 18.3 Å². The minimum absolute atomic E-state index is 0.210. The van der Waals surface area contributed by atoms with Gasteiger partial charge in [-0.05, 0) is 60.7 Å². The van der Waals surface area contributed by atoms with Gasteiger partial charge >= 0.3 is 0 Å². The van der Waals surface area contributed by atoms with Gasteiger partial charge in [-0.1, -0.05) is 36.4 Å². The highest BCUT2D eigenvalue weighted by atomic mass is 32.1. The third kappa shape index (κ3) is 3.35. The lowest BCUT2D eigenvalue weighted by atomic mass is 10.0. The number of halogens is 1. The molecule has 2 aromatic carbocycles. The minimum atomic E-state index is -0.293. The molecule has 6 heteroatoms. The number of anilines is 1. The fraction of sp³-hybridized carbons (Fsp3) is 0.0833. The van der Waals surface area contributed by atoms with Gasteiger partial charge in [0.2, 0.25) is 0 Å². The van der Waals surface area contributed by atoms with Crippen LogP contribution in [0.25, 0.3) is 11.3 Å². The van der Waals surface area contributed by atoms with Crippen molar-refractivity contribution in [3.63, 3.8) is 0 Å². The molecule has 1 saturated heterocycles. The molecule has 4 aromatic rings. The number of nitrogens with one attached hydrogen (secondary N) is 1. The third-order valence-corrected chi connectivity index (χ3v) is 5.49. The van der Waals surface area contributed by atoms with E-state index in [1.807, 2.05) is 65.6 Å². The van der Waals surface area contributed by atoms with Crippen molar-refractivity contribution in [2.45, 2.75) is 12.1 Å². The molecule has 0 amide bonds. The maximum Gasteiger partial charge on any atom is 0.174 e. The average Bonchev–Trinajstić information content (AvgIpc) is 3.40. The fourth-order valence-corrected chi connectivity index (χ4v) is 4.14. The number of hydrogen-bond acceptors (Lipinski definition) is 3. The molecule has 1 aliphatic heterocycles. The highest BCUT2D eigenvalue weighted by Gasteiger charge is 2.42. The van der Waals surface area contributed by atoms with Crippen molar-refractivity contribution >= 4 is 23.0 Å². The second-order valence-corrected chi connectivity index (χ2v) is 7.43. The Kier molecular flexibility index (Phi) is 4.77. The van der Waals surface area contributed by atoms with Gasteiger partial charge in [0, 0.05) is 17.4 Å². The van der Waals surface area contributed by atoms with Crippen LogP contribution in [0.2, 0.25) is 0 Å². The Bertz CT molecular complexity index is 1160. The quantitative estimate of drug-likeness (QED) is 0.436. The Hall–Kier alpha value is -3.51. The van der Waals surface area contributed by atoms with Crippen LogP contribution in [-0.2, 0) is 0 Å². The average molecular weight is 415 g/mol. The van der Waals surface area contributed by atoms with Crippen LogP contribution in [0.15, 0.2) is 95.5 Å². The van der Waals surface area contributed by atoms with Crippen LogP contribution in [0.1, 0.15) is 23.5 Å². The molecule has 3 heterocycles. The lowest BCUT2D eigenvalue weighted by Crippen LogP contribution is -2.29. The summed E-state index contributed by atoms with van der Waals surface area (Å²) < 4.78 is 19.8. The first-order chi connectivity index (χ1) is 14.7. The van der Waals surface area contributed by atoms with Gasteiger partial charge < -0.3 is 14.6 Å². The van der Waals surface area contributed by atoms with Crippen molar-refractivity contribution in [3.05, 3.63) is 108 Å². The van der Waals surface area contributed by atoms with E-state index in [2.05, 4.69) is 10.3 Å². The van der Waals surface area contributed by atoms with Crippen molar-refractivity contribution in [2.24, 2.45) is 0 Å². The molecule has 0 bridgehead atoms. The summed E-state index contributed by atoms with van der Waals surface area (Å²) in [6.07, 6.45) is 1.76. The van der Waals surface area contributed by atoms with Crippen molar-refractivity contribution in [3.8, 4) is 11.3 Å². The van der Waals surface area contributed by atoms with Gasteiger partial charge in [0.25, 0.3) is 0 Å². The molecule has 2 aromatic heterocycles. The molecular weight excluding hydrogens is 397 g/mol. The molecule has 2 atom stereocenters. The number of nitrogens with zero attached hydrogens (tertiary/aromatic N) is 2. The molecule has 1 aliphatic rings. The maximum absolute atomic E-state index is 13.5. The van der Waals surface area contributed by atoms with E-state index < -0.39 is 0 Å². The molecule has 5 rings (SSSR count). The predicted octanol–water partition coefficient (Wildman–Crippen LogP) is 5.66. The first-order valence-corrected chi connectivity index (χ1v) is 10.0. The summed E-state index contributed by atoms with van der Waals surface area (Å²) in [5.41, 5.74) is 2.64. The van der Waals surface area contributed by atoms with Gasteiger partial charge in [0.1, 0.15) is 23.4 Å². The lowest BCUT2D eigenvalue weighted by molar-refractivity contribution is 0.439. The van der Waals surface area contributed by atoms with E-state index >= 15 is 0 Å². The largest absolute Gasteiger partial charge is 0.459 e. The van der Waals surface area contributed by atoms with Gasteiger partial charge in [0.05, 0.1) is 11.7 Å². The van der Waals surface area contributed by atoms with Crippen molar-refractivity contribution < 1.29 is 8.81 Å². The summed E-state index contributed by atoms with van der Waals surface area (Å²) in [6, 6.07) is 25.5. The topological polar surface area (TPSA) is 41.3 Å². The molecular formula is C24H18FN3OS.